The van der Waals surface area contributed by atoms with Gasteiger partial charge in [-0.25, -0.2) is 0 Å². The van der Waals surface area contributed by atoms with Gasteiger partial charge in [0, 0.05) is 61.9 Å². The third kappa shape index (κ3) is 9.75. The summed E-state index contributed by atoms with van der Waals surface area (Å²) in [5.41, 5.74) is 4.45. The van der Waals surface area contributed by atoms with Crippen LogP contribution in [0.1, 0.15) is 66.9 Å². The van der Waals surface area contributed by atoms with Gasteiger partial charge in [-0.3, -0.25) is 14.6 Å². The van der Waals surface area contributed by atoms with E-state index in [1.807, 2.05) is 72.9 Å². The maximum Gasteiger partial charge on any atom is 0.303 e. The molecule has 0 saturated carbocycles. The molecule has 2 aromatic carbocycles. The molecule has 3 atom stereocenters. The number of aliphatic hydroxyl groups is 1. The number of aromatic nitrogens is 1. The van der Waals surface area contributed by atoms with Gasteiger partial charge in [0.15, 0.2) is 6.29 Å². The van der Waals surface area contributed by atoms with Crippen molar-refractivity contribution in [1.82, 2.24) is 9.88 Å². The lowest BCUT2D eigenvalue weighted by Gasteiger charge is -2.38. The van der Waals surface area contributed by atoms with E-state index in [9.17, 15) is 14.7 Å². The average molecular weight is 562 g/mol. The fourth-order valence-electron chi connectivity index (χ4n) is 4.83. The Morgan fingerprint density at radius 3 is 2.39 bits per heavy atom. The summed E-state index contributed by atoms with van der Waals surface area (Å²) >= 11 is 0. The van der Waals surface area contributed by atoms with Crippen molar-refractivity contribution >= 4 is 17.6 Å². The van der Waals surface area contributed by atoms with E-state index in [1.54, 1.807) is 0 Å². The Kier molecular flexibility index (Phi) is 11.4. The number of hydrogen-bond acceptors (Lipinski definition) is 7. The second-order valence-electron chi connectivity index (χ2n) is 10.5. The van der Waals surface area contributed by atoms with E-state index >= 15 is 0 Å². The fraction of sp³-hybridized carbons (Fsp3) is 0.406. The quantitative estimate of drug-likeness (QED) is 0.238. The summed E-state index contributed by atoms with van der Waals surface area (Å²) in [4.78, 5) is 29.6. The Balaban J connectivity index is 1.39. The topological polar surface area (TPSA) is 121 Å². The molecule has 4 rings (SSSR count). The lowest BCUT2D eigenvalue weighted by atomic mass is 9.99. The van der Waals surface area contributed by atoms with Crippen LogP contribution in [0.3, 0.4) is 0 Å². The van der Waals surface area contributed by atoms with E-state index in [0.717, 1.165) is 41.9 Å². The van der Waals surface area contributed by atoms with E-state index in [1.165, 1.54) is 0 Å². The molecule has 1 aromatic heterocycles. The van der Waals surface area contributed by atoms with Crippen molar-refractivity contribution < 1.29 is 29.3 Å². The number of aliphatic carboxylic acids is 1. The number of carbonyl (C=O) groups excluding carboxylic acids is 1. The predicted molar refractivity (Wildman–Crippen MR) is 155 cm³/mol. The molecule has 2 heterocycles. The number of aliphatic hydroxyl groups excluding tert-OH is 1. The number of carboxylic acids is 1. The van der Waals surface area contributed by atoms with Crippen molar-refractivity contribution in [3.63, 3.8) is 0 Å². The summed E-state index contributed by atoms with van der Waals surface area (Å²) < 4.78 is 12.9. The average Bonchev–Trinajstić information content (AvgIpc) is 2.99. The Labute approximate surface area is 241 Å². The number of pyridine rings is 1. The number of unbranched alkanes of at least 4 members (excludes halogenated alkanes) is 1. The third-order valence-corrected chi connectivity index (χ3v) is 7.12. The van der Waals surface area contributed by atoms with Gasteiger partial charge in [0.05, 0.1) is 18.8 Å². The third-order valence-electron chi connectivity index (χ3n) is 7.12. The van der Waals surface area contributed by atoms with Gasteiger partial charge in [0.2, 0.25) is 5.91 Å². The molecule has 1 aliphatic rings. The van der Waals surface area contributed by atoms with Crippen LogP contribution in [0.2, 0.25) is 0 Å². The van der Waals surface area contributed by atoms with Gasteiger partial charge in [-0.2, -0.15) is 0 Å². The summed E-state index contributed by atoms with van der Waals surface area (Å²) in [5.74, 6) is -0.996. The zero-order chi connectivity index (χ0) is 29.0. The zero-order valence-corrected chi connectivity index (χ0v) is 23.4. The lowest BCUT2D eigenvalue weighted by molar-refractivity contribution is -0.252. The molecule has 0 aliphatic carbocycles. The highest BCUT2D eigenvalue weighted by atomic mass is 16.7. The van der Waals surface area contributed by atoms with Gasteiger partial charge in [-0.1, -0.05) is 42.5 Å². The Morgan fingerprint density at radius 1 is 0.976 bits per heavy atom. The minimum atomic E-state index is -0.851. The maximum absolute atomic E-state index is 12.2. The molecule has 218 valence electrons. The number of carboxylic acid groups (broad SMARTS) is 1. The predicted octanol–water partition coefficient (Wildman–Crippen LogP) is 4.88. The minimum Gasteiger partial charge on any atom is -0.481 e. The van der Waals surface area contributed by atoms with Gasteiger partial charge in [-0.05, 0) is 55.3 Å². The van der Waals surface area contributed by atoms with Crippen LogP contribution in [0.25, 0.3) is 0 Å². The number of anilines is 1. The van der Waals surface area contributed by atoms with Crippen LogP contribution in [0.4, 0.5) is 5.69 Å². The number of rotatable bonds is 14. The second-order valence-corrected chi connectivity index (χ2v) is 10.5. The summed E-state index contributed by atoms with van der Waals surface area (Å²) in [6.45, 7) is 1.57. The summed E-state index contributed by atoms with van der Waals surface area (Å²) in [7, 11) is 2.08. The van der Waals surface area contributed by atoms with Crippen LogP contribution >= 0.6 is 0 Å². The van der Waals surface area contributed by atoms with Gasteiger partial charge in [0.1, 0.15) is 0 Å². The van der Waals surface area contributed by atoms with Crippen LogP contribution in [0.15, 0.2) is 72.9 Å². The minimum absolute atomic E-state index is 0.00749. The Morgan fingerprint density at radius 2 is 1.71 bits per heavy atom. The van der Waals surface area contributed by atoms with Crippen LogP contribution in [-0.2, 0) is 32.1 Å². The van der Waals surface area contributed by atoms with Crippen LogP contribution in [0, 0.1) is 0 Å². The van der Waals surface area contributed by atoms with Crippen molar-refractivity contribution in [2.75, 3.05) is 25.5 Å². The highest BCUT2D eigenvalue weighted by Gasteiger charge is 2.32. The number of nitrogens with one attached hydrogen (secondary N) is 1. The first-order valence-corrected chi connectivity index (χ1v) is 14.1. The molecule has 0 radical (unpaired) electrons. The first-order chi connectivity index (χ1) is 19.9. The van der Waals surface area contributed by atoms with E-state index in [4.69, 9.17) is 14.6 Å². The van der Waals surface area contributed by atoms with Crippen LogP contribution < -0.4 is 5.32 Å². The van der Waals surface area contributed by atoms with Crippen molar-refractivity contribution in [3.8, 4) is 0 Å². The number of carbonyl (C=O) groups is 2. The smallest absolute Gasteiger partial charge is 0.303 e. The molecule has 0 spiro atoms. The second kappa shape index (κ2) is 15.4. The summed E-state index contributed by atoms with van der Waals surface area (Å²) in [6.07, 6.45) is 3.86. The number of amides is 1. The van der Waals surface area contributed by atoms with E-state index in [2.05, 4.69) is 22.2 Å². The molecule has 1 fully saturated rings. The first-order valence-electron chi connectivity index (χ1n) is 14.1. The largest absolute Gasteiger partial charge is 0.481 e. The highest BCUT2D eigenvalue weighted by Crippen LogP contribution is 2.38. The normalized spacial score (nSPS) is 18.8. The van der Waals surface area contributed by atoms with Gasteiger partial charge < -0.3 is 29.9 Å². The molecular formula is C32H39N3O6. The Hall–Kier alpha value is -3.63. The van der Waals surface area contributed by atoms with Crippen LogP contribution in [-0.4, -0.2) is 58.2 Å². The summed E-state index contributed by atoms with van der Waals surface area (Å²) in [6, 6.07) is 21.2. The SMILES string of the molecule is CN(CCc1ccccn1)CC1CC(c2ccc(CO)cc2)OC(c2ccc(NC(=O)CCCCC(=O)O)cc2)O1. The number of ether oxygens (including phenoxy) is 2. The molecule has 0 bridgehead atoms. The Bertz CT molecular complexity index is 1240. The van der Waals surface area contributed by atoms with E-state index < -0.39 is 12.3 Å². The molecule has 3 unspecified atom stereocenters. The number of nitrogens with zero attached hydrogens (tertiary/aromatic N) is 2. The maximum atomic E-state index is 12.2. The molecule has 1 saturated heterocycles. The number of likely N-dealkylation sites (N-methyl/N-ethyl adjacent to an activating group) is 1. The van der Waals surface area contributed by atoms with Crippen LogP contribution in [0.5, 0.6) is 0 Å². The van der Waals surface area contributed by atoms with Gasteiger partial charge in [0.25, 0.3) is 0 Å². The van der Waals surface area contributed by atoms with Gasteiger partial charge in [-0.15, -0.1) is 0 Å². The number of benzene rings is 2. The zero-order valence-electron chi connectivity index (χ0n) is 23.4. The molecule has 9 nitrogen and oxygen atoms in total. The highest BCUT2D eigenvalue weighted by molar-refractivity contribution is 5.90. The standard InChI is InChI=1S/C32H39N3O6/c1-35(19-17-26-6-4-5-18-33-26)21-28-20-29(24-11-9-23(22-36)10-12-24)41-32(40-28)25-13-15-27(16-14-25)34-30(37)7-2-3-8-31(38)39/h4-6,9-16,18,28-29,32,36H,2-3,7-8,17,19-22H2,1H3,(H,34,37)(H,38,39). The lowest BCUT2D eigenvalue weighted by Crippen LogP contribution is -2.38. The fourth-order valence-corrected chi connectivity index (χ4v) is 4.83. The molecule has 9 heteroatoms. The molecule has 1 aliphatic heterocycles. The first kappa shape index (κ1) is 30.3. The van der Waals surface area contributed by atoms with Crippen molar-refractivity contribution in [1.29, 1.82) is 0 Å². The number of hydrogen-bond donors (Lipinski definition) is 3. The van der Waals surface area contributed by atoms with E-state index in [0.29, 0.717) is 24.9 Å². The van der Waals surface area contributed by atoms with E-state index in [-0.39, 0.29) is 37.6 Å². The molecule has 1 amide bonds. The molecule has 3 aromatic rings. The monoisotopic (exact) mass is 561 g/mol. The molecular weight excluding hydrogens is 522 g/mol. The summed E-state index contributed by atoms with van der Waals surface area (Å²) in [5, 5.41) is 21.1. The van der Waals surface area contributed by atoms with Crippen molar-refractivity contribution in [3.05, 3.63) is 95.3 Å². The van der Waals surface area contributed by atoms with Crippen molar-refractivity contribution in [2.45, 2.75) is 63.6 Å². The van der Waals surface area contributed by atoms with Crippen molar-refractivity contribution in [2.24, 2.45) is 0 Å². The molecule has 3 N–H and O–H groups in total. The van der Waals surface area contributed by atoms with Gasteiger partial charge >= 0.3 is 5.97 Å². The molecule has 41 heavy (non-hydrogen) atoms.